The Kier molecular flexibility index (Phi) is 2.45. The molecule has 1 saturated carbocycles. The van der Waals surface area contributed by atoms with Crippen LogP contribution in [0.4, 0.5) is 5.82 Å². The van der Waals surface area contributed by atoms with Crippen LogP contribution in [-0.2, 0) is 12.8 Å². The van der Waals surface area contributed by atoms with Crippen LogP contribution in [0.5, 0.6) is 0 Å². The van der Waals surface area contributed by atoms with Crippen LogP contribution in [0, 0.1) is 5.41 Å². The molecule has 0 radical (unpaired) electrons. The maximum atomic E-state index is 5.89. The minimum atomic E-state index is 0.596. The maximum Gasteiger partial charge on any atom is 0.129 e. The predicted octanol–water partition coefficient (Wildman–Crippen LogP) is 3.16. The number of thiazole rings is 1. The normalized spacial score (nSPS) is 20.8. The molecule has 0 amide bonds. The third kappa shape index (κ3) is 1.79. The lowest BCUT2D eigenvalue weighted by Crippen LogP contribution is -2.24. The van der Waals surface area contributed by atoms with Gasteiger partial charge in [-0.25, -0.2) is 4.98 Å². The molecule has 5 heteroatoms. The highest BCUT2D eigenvalue weighted by atomic mass is 32.1. The molecule has 2 aliphatic carbocycles. The summed E-state index contributed by atoms with van der Waals surface area (Å²) in [6, 6.07) is 0. The summed E-state index contributed by atoms with van der Waals surface area (Å²) in [6.07, 6.45) is 11.1. The Labute approximate surface area is 116 Å². The first kappa shape index (κ1) is 11.5. The lowest BCUT2D eigenvalue weighted by atomic mass is 9.74. The van der Waals surface area contributed by atoms with E-state index in [0.29, 0.717) is 11.2 Å². The van der Waals surface area contributed by atoms with Crippen LogP contribution in [0.25, 0.3) is 10.6 Å². The molecule has 2 aromatic rings. The van der Waals surface area contributed by atoms with Gasteiger partial charge in [0.2, 0.25) is 0 Å². The topological polar surface area (TPSA) is 67.6 Å². The second-order valence-corrected chi connectivity index (χ2v) is 7.05. The molecule has 2 heterocycles. The van der Waals surface area contributed by atoms with Gasteiger partial charge in [-0.3, -0.25) is 5.10 Å². The summed E-state index contributed by atoms with van der Waals surface area (Å²) >= 11 is 1.82. The quantitative estimate of drug-likeness (QED) is 0.839. The Morgan fingerprint density at radius 1 is 1.26 bits per heavy atom. The lowest BCUT2D eigenvalue weighted by molar-refractivity contribution is 0.256. The largest absolute Gasteiger partial charge is 0.383 e. The van der Waals surface area contributed by atoms with E-state index in [4.69, 9.17) is 10.7 Å². The van der Waals surface area contributed by atoms with E-state index in [2.05, 4.69) is 10.2 Å². The smallest absolute Gasteiger partial charge is 0.129 e. The van der Waals surface area contributed by atoms with Gasteiger partial charge in [0.1, 0.15) is 10.8 Å². The number of anilines is 1. The number of H-pyrrole nitrogens is 1. The summed E-state index contributed by atoms with van der Waals surface area (Å²) in [7, 11) is 0. The Bertz CT molecular complexity index is 607. The minimum absolute atomic E-state index is 0.596. The van der Waals surface area contributed by atoms with Crippen molar-refractivity contribution in [1.29, 1.82) is 0 Å². The van der Waals surface area contributed by atoms with Gasteiger partial charge >= 0.3 is 0 Å². The number of hydrogen-bond donors (Lipinski definition) is 2. The average molecular weight is 274 g/mol. The molecular formula is C14H18N4S. The van der Waals surface area contributed by atoms with Crippen molar-refractivity contribution in [2.75, 3.05) is 5.73 Å². The van der Waals surface area contributed by atoms with Gasteiger partial charge in [-0.2, -0.15) is 5.10 Å². The fourth-order valence-corrected chi connectivity index (χ4v) is 4.97. The van der Waals surface area contributed by atoms with Crippen molar-refractivity contribution in [3.63, 3.8) is 0 Å². The molecule has 0 unspecified atom stereocenters. The van der Waals surface area contributed by atoms with E-state index in [0.717, 1.165) is 17.0 Å². The average Bonchev–Trinajstić information content (AvgIpc) is 3.09. The molecule has 0 aromatic carbocycles. The minimum Gasteiger partial charge on any atom is -0.383 e. The number of aromatic nitrogens is 3. The summed E-state index contributed by atoms with van der Waals surface area (Å²) in [6.45, 7) is 0. The third-order valence-corrected chi connectivity index (χ3v) is 5.90. The zero-order valence-electron chi connectivity index (χ0n) is 10.9. The third-order valence-electron chi connectivity index (χ3n) is 4.77. The van der Waals surface area contributed by atoms with E-state index >= 15 is 0 Å². The van der Waals surface area contributed by atoms with Crippen LogP contribution in [0.15, 0.2) is 6.20 Å². The standard InChI is InChI=1S/C14H18N4S/c15-12-9(8-16-18-12)13-17-10-3-6-14(4-1-2-5-14)7-11(10)19-13/h8H,1-7H2,(H3,15,16,18). The number of nitrogens with one attached hydrogen (secondary N) is 1. The van der Waals surface area contributed by atoms with Crippen molar-refractivity contribution in [2.45, 2.75) is 44.9 Å². The van der Waals surface area contributed by atoms with E-state index in [1.54, 1.807) is 6.20 Å². The van der Waals surface area contributed by atoms with Gasteiger partial charge in [0.05, 0.1) is 17.5 Å². The first-order chi connectivity index (χ1) is 9.26. The molecule has 0 bridgehead atoms. The first-order valence-electron chi connectivity index (χ1n) is 7.04. The highest BCUT2D eigenvalue weighted by Gasteiger charge is 2.38. The van der Waals surface area contributed by atoms with Gasteiger partial charge in [-0.1, -0.05) is 12.8 Å². The van der Waals surface area contributed by atoms with Crippen molar-refractivity contribution >= 4 is 17.2 Å². The van der Waals surface area contributed by atoms with Crippen LogP contribution >= 0.6 is 11.3 Å². The Morgan fingerprint density at radius 3 is 2.84 bits per heavy atom. The SMILES string of the molecule is Nc1[nH]ncc1-c1nc2c(s1)CC1(CCCC1)CC2. The van der Waals surface area contributed by atoms with Crippen molar-refractivity contribution in [1.82, 2.24) is 15.2 Å². The summed E-state index contributed by atoms with van der Waals surface area (Å²) in [5.41, 5.74) is 8.75. The van der Waals surface area contributed by atoms with Crippen molar-refractivity contribution < 1.29 is 0 Å². The van der Waals surface area contributed by atoms with Gasteiger partial charge in [0.25, 0.3) is 0 Å². The molecule has 2 aliphatic rings. The van der Waals surface area contributed by atoms with Gasteiger partial charge in [-0.15, -0.1) is 11.3 Å². The van der Waals surface area contributed by atoms with Crippen LogP contribution in [0.3, 0.4) is 0 Å². The summed E-state index contributed by atoms with van der Waals surface area (Å²) in [4.78, 5) is 6.28. The molecule has 4 rings (SSSR count). The van der Waals surface area contributed by atoms with Gasteiger partial charge < -0.3 is 5.73 Å². The van der Waals surface area contributed by atoms with Crippen LogP contribution in [-0.4, -0.2) is 15.2 Å². The molecule has 2 aromatic heterocycles. The number of aromatic amines is 1. The van der Waals surface area contributed by atoms with Gasteiger partial charge in [0, 0.05) is 4.88 Å². The molecular weight excluding hydrogens is 256 g/mol. The van der Waals surface area contributed by atoms with E-state index in [1.807, 2.05) is 11.3 Å². The molecule has 100 valence electrons. The number of rotatable bonds is 1. The molecule has 0 saturated heterocycles. The number of nitrogens with zero attached hydrogens (tertiary/aromatic N) is 2. The summed E-state index contributed by atoms with van der Waals surface area (Å²) in [5, 5.41) is 7.82. The molecule has 1 spiro atoms. The Morgan fingerprint density at radius 2 is 2.11 bits per heavy atom. The molecule has 4 nitrogen and oxygen atoms in total. The molecule has 3 N–H and O–H groups in total. The van der Waals surface area contributed by atoms with Gasteiger partial charge in [0.15, 0.2) is 0 Å². The zero-order valence-corrected chi connectivity index (χ0v) is 11.7. The van der Waals surface area contributed by atoms with Crippen LogP contribution < -0.4 is 5.73 Å². The number of fused-ring (bicyclic) bond motifs is 1. The van der Waals surface area contributed by atoms with E-state index in [1.165, 1.54) is 49.1 Å². The summed E-state index contributed by atoms with van der Waals surface area (Å²) in [5.74, 6) is 0.627. The Balaban J connectivity index is 1.69. The zero-order chi connectivity index (χ0) is 12.9. The highest BCUT2D eigenvalue weighted by molar-refractivity contribution is 7.15. The first-order valence-corrected chi connectivity index (χ1v) is 7.85. The number of nitrogens with two attached hydrogens (primary N) is 1. The Hall–Kier alpha value is -1.36. The van der Waals surface area contributed by atoms with Crippen molar-refractivity contribution in [3.05, 3.63) is 16.8 Å². The monoisotopic (exact) mass is 274 g/mol. The number of hydrogen-bond acceptors (Lipinski definition) is 4. The second kappa shape index (κ2) is 4.07. The number of aryl methyl sites for hydroxylation is 1. The predicted molar refractivity (Wildman–Crippen MR) is 77.0 cm³/mol. The second-order valence-electron chi connectivity index (χ2n) is 5.97. The maximum absolute atomic E-state index is 5.89. The fourth-order valence-electron chi connectivity index (χ4n) is 3.66. The van der Waals surface area contributed by atoms with Crippen molar-refractivity contribution in [3.8, 4) is 10.6 Å². The van der Waals surface area contributed by atoms with E-state index < -0.39 is 0 Å². The van der Waals surface area contributed by atoms with Crippen molar-refractivity contribution in [2.24, 2.45) is 5.41 Å². The fraction of sp³-hybridized carbons (Fsp3) is 0.571. The highest BCUT2D eigenvalue weighted by Crippen LogP contribution is 2.49. The summed E-state index contributed by atoms with van der Waals surface area (Å²) < 4.78 is 0. The van der Waals surface area contributed by atoms with E-state index in [9.17, 15) is 0 Å². The van der Waals surface area contributed by atoms with Gasteiger partial charge in [-0.05, 0) is 37.5 Å². The number of nitrogen functional groups attached to an aromatic ring is 1. The molecule has 0 atom stereocenters. The lowest BCUT2D eigenvalue weighted by Gasteiger charge is -2.32. The van der Waals surface area contributed by atoms with E-state index in [-0.39, 0.29) is 0 Å². The molecule has 0 aliphatic heterocycles. The molecule has 1 fully saturated rings. The van der Waals surface area contributed by atoms with Crippen LogP contribution in [0.1, 0.15) is 42.7 Å². The van der Waals surface area contributed by atoms with Crippen LogP contribution in [0.2, 0.25) is 0 Å². The molecule has 19 heavy (non-hydrogen) atoms.